The maximum absolute atomic E-state index is 11.7. The Kier molecular flexibility index (Phi) is 2.37. The second-order valence-corrected chi connectivity index (χ2v) is 4.49. The summed E-state index contributed by atoms with van der Waals surface area (Å²) in [5.74, 6) is 0.307. The predicted molar refractivity (Wildman–Crippen MR) is 64.6 cm³/mol. The van der Waals surface area contributed by atoms with E-state index in [4.69, 9.17) is 0 Å². The highest BCUT2D eigenvalue weighted by atomic mass is 16.1. The minimum atomic E-state index is 0.307. The van der Waals surface area contributed by atoms with Crippen LogP contribution in [-0.2, 0) is 6.42 Å². The minimum absolute atomic E-state index is 0.307. The van der Waals surface area contributed by atoms with E-state index in [9.17, 15) is 4.79 Å². The van der Waals surface area contributed by atoms with Gasteiger partial charge in [0.25, 0.3) is 0 Å². The lowest BCUT2D eigenvalue weighted by molar-refractivity contribution is 0.0994. The fourth-order valence-corrected chi connectivity index (χ4v) is 2.50. The fraction of sp³-hybridized carbons (Fsp3) is 0.357. The van der Waals surface area contributed by atoms with Crippen LogP contribution in [-0.4, -0.2) is 18.9 Å². The van der Waals surface area contributed by atoms with Gasteiger partial charge in [0.05, 0.1) is 0 Å². The summed E-state index contributed by atoms with van der Waals surface area (Å²) in [5.41, 5.74) is 4.71. The average molecular weight is 213 g/mol. The Labute approximate surface area is 95.4 Å². The van der Waals surface area contributed by atoms with Crippen molar-refractivity contribution >= 4 is 11.4 Å². The van der Waals surface area contributed by atoms with E-state index in [0.29, 0.717) is 12.2 Å². The van der Waals surface area contributed by atoms with Crippen LogP contribution in [0.15, 0.2) is 24.3 Å². The Morgan fingerprint density at radius 1 is 1.19 bits per heavy atom. The van der Waals surface area contributed by atoms with Crippen molar-refractivity contribution in [1.82, 2.24) is 5.32 Å². The molecule has 0 amide bonds. The van der Waals surface area contributed by atoms with Gasteiger partial charge in [-0.25, -0.2) is 0 Å². The molecule has 0 fully saturated rings. The normalized spacial score (nSPS) is 19.5. The Morgan fingerprint density at radius 3 is 2.94 bits per heavy atom. The quantitative estimate of drug-likeness (QED) is 0.774. The van der Waals surface area contributed by atoms with Crippen LogP contribution >= 0.6 is 0 Å². The number of carbonyl (C=O) groups is 1. The number of Topliss-reactive ketones (excluding diaryl/α,β-unsaturated/α-hetero) is 1. The van der Waals surface area contributed by atoms with Crippen molar-refractivity contribution in [2.45, 2.75) is 19.3 Å². The molecule has 0 aromatic heterocycles. The number of nitrogens with one attached hydrogen (secondary N) is 1. The van der Waals surface area contributed by atoms with Gasteiger partial charge < -0.3 is 5.32 Å². The molecule has 1 aromatic rings. The smallest absolute Gasteiger partial charge is 0.163 e. The van der Waals surface area contributed by atoms with E-state index in [-0.39, 0.29) is 0 Å². The van der Waals surface area contributed by atoms with Gasteiger partial charge in [-0.15, -0.1) is 0 Å². The summed E-state index contributed by atoms with van der Waals surface area (Å²) in [7, 11) is 0. The maximum Gasteiger partial charge on any atom is 0.163 e. The summed E-state index contributed by atoms with van der Waals surface area (Å²) in [6.45, 7) is 1.99. The first-order valence-corrected chi connectivity index (χ1v) is 5.91. The van der Waals surface area contributed by atoms with Crippen LogP contribution in [0.3, 0.4) is 0 Å². The number of hydrogen-bond donors (Lipinski definition) is 1. The van der Waals surface area contributed by atoms with Gasteiger partial charge in [0.1, 0.15) is 0 Å². The summed E-state index contributed by atoms with van der Waals surface area (Å²) in [5, 5.41) is 3.36. The van der Waals surface area contributed by atoms with Gasteiger partial charge >= 0.3 is 0 Å². The highest BCUT2D eigenvalue weighted by Crippen LogP contribution is 2.26. The van der Waals surface area contributed by atoms with Crippen LogP contribution < -0.4 is 5.32 Å². The van der Waals surface area contributed by atoms with Crippen LogP contribution in [0.4, 0.5) is 0 Å². The second kappa shape index (κ2) is 3.87. The van der Waals surface area contributed by atoms with E-state index in [1.165, 1.54) is 16.7 Å². The zero-order chi connectivity index (χ0) is 11.0. The first kappa shape index (κ1) is 9.79. The van der Waals surface area contributed by atoms with Crippen molar-refractivity contribution in [3.63, 3.8) is 0 Å². The van der Waals surface area contributed by atoms with Crippen LogP contribution in [0.2, 0.25) is 0 Å². The van der Waals surface area contributed by atoms with Crippen LogP contribution in [0.1, 0.15) is 34.3 Å². The Bertz CT molecular complexity index is 474. The van der Waals surface area contributed by atoms with E-state index in [1.807, 2.05) is 0 Å². The molecule has 0 saturated heterocycles. The van der Waals surface area contributed by atoms with Gasteiger partial charge in [-0.2, -0.15) is 0 Å². The molecule has 2 aliphatic rings. The number of fused-ring (bicyclic) bond motifs is 1. The Hall–Kier alpha value is -1.41. The second-order valence-electron chi connectivity index (χ2n) is 4.49. The lowest BCUT2D eigenvalue weighted by atomic mass is 9.98. The van der Waals surface area contributed by atoms with E-state index >= 15 is 0 Å². The molecule has 1 N–H and O–H groups in total. The molecule has 1 aromatic carbocycles. The molecule has 0 atom stereocenters. The molecule has 1 aliphatic heterocycles. The van der Waals surface area contributed by atoms with E-state index in [0.717, 1.165) is 31.5 Å². The topological polar surface area (TPSA) is 29.1 Å². The molecule has 1 heterocycles. The summed E-state index contributed by atoms with van der Waals surface area (Å²) in [6.07, 6.45) is 4.97. The van der Waals surface area contributed by atoms with Gasteiger partial charge in [0.2, 0.25) is 0 Å². The molecule has 16 heavy (non-hydrogen) atoms. The van der Waals surface area contributed by atoms with Gasteiger partial charge in [-0.3, -0.25) is 4.79 Å². The molecule has 82 valence electrons. The molecule has 3 rings (SSSR count). The zero-order valence-electron chi connectivity index (χ0n) is 9.25. The van der Waals surface area contributed by atoms with Gasteiger partial charge in [0.15, 0.2) is 5.78 Å². The number of carbonyl (C=O) groups excluding carboxylic acids is 1. The molecule has 0 bridgehead atoms. The number of benzene rings is 1. The number of rotatable bonds is 1. The summed E-state index contributed by atoms with van der Waals surface area (Å²) in [6, 6.07) is 6.34. The molecule has 2 nitrogen and oxygen atoms in total. The van der Waals surface area contributed by atoms with Crippen molar-refractivity contribution in [3.8, 4) is 0 Å². The van der Waals surface area contributed by atoms with E-state index < -0.39 is 0 Å². The van der Waals surface area contributed by atoms with E-state index in [1.54, 1.807) is 0 Å². The van der Waals surface area contributed by atoms with Gasteiger partial charge in [0, 0.05) is 18.5 Å². The standard InChI is InChI=1S/C14H15NO/c16-14-6-5-10-3-4-11(8-13(10)14)12-2-1-7-15-9-12/h2-4,8,15H,1,5-7,9H2. The molecule has 0 unspecified atom stereocenters. The number of hydrogen-bond acceptors (Lipinski definition) is 2. The summed E-state index contributed by atoms with van der Waals surface area (Å²) < 4.78 is 0. The van der Waals surface area contributed by atoms with Gasteiger partial charge in [-0.1, -0.05) is 18.2 Å². The Balaban J connectivity index is 2.00. The highest BCUT2D eigenvalue weighted by Gasteiger charge is 2.20. The molecule has 1 aliphatic carbocycles. The van der Waals surface area contributed by atoms with Crippen molar-refractivity contribution in [2.75, 3.05) is 13.1 Å². The third-order valence-electron chi connectivity index (χ3n) is 3.43. The maximum atomic E-state index is 11.7. The van der Waals surface area contributed by atoms with Crippen LogP contribution in [0.5, 0.6) is 0 Å². The molecule has 2 heteroatoms. The molecular formula is C14H15NO. The van der Waals surface area contributed by atoms with Crippen molar-refractivity contribution in [2.24, 2.45) is 0 Å². The van der Waals surface area contributed by atoms with Gasteiger partial charge in [-0.05, 0) is 42.2 Å². The van der Waals surface area contributed by atoms with Crippen LogP contribution in [0.25, 0.3) is 5.57 Å². The first-order valence-electron chi connectivity index (χ1n) is 5.91. The highest BCUT2D eigenvalue weighted by molar-refractivity contribution is 6.01. The summed E-state index contributed by atoms with van der Waals surface area (Å²) in [4.78, 5) is 11.7. The van der Waals surface area contributed by atoms with Crippen LogP contribution in [0, 0.1) is 0 Å². The fourth-order valence-electron chi connectivity index (χ4n) is 2.50. The van der Waals surface area contributed by atoms with Crippen molar-refractivity contribution in [3.05, 3.63) is 41.0 Å². The third kappa shape index (κ3) is 1.59. The summed E-state index contributed by atoms with van der Waals surface area (Å²) >= 11 is 0. The predicted octanol–water partition coefficient (Wildman–Crippen LogP) is 2.19. The molecule has 0 saturated carbocycles. The largest absolute Gasteiger partial charge is 0.312 e. The monoisotopic (exact) mass is 213 g/mol. The van der Waals surface area contributed by atoms with E-state index in [2.05, 4.69) is 29.6 Å². The first-order chi connectivity index (χ1) is 7.84. The molecule has 0 spiro atoms. The molecule has 0 radical (unpaired) electrons. The third-order valence-corrected chi connectivity index (χ3v) is 3.43. The Morgan fingerprint density at radius 2 is 2.12 bits per heavy atom. The SMILES string of the molecule is O=C1CCc2ccc(C3=CCCNC3)cc21. The number of aryl methyl sites for hydroxylation is 1. The molecular weight excluding hydrogens is 198 g/mol. The lowest BCUT2D eigenvalue weighted by Gasteiger charge is -2.15. The minimum Gasteiger partial charge on any atom is -0.312 e. The lowest BCUT2D eigenvalue weighted by Crippen LogP contribution is -2.21. The zero-order valence-corrected chi connectivity index (χ0v) is 9.25. The van der Waals surface area contributed by atoms with Crippen molar-refractivity contribution < 1.29 is 4.79 Å². The van der Waals surface area contributed by atoms with Crippen molar-refractivity contribution in [1.29, 1.82) is 0 Å². The number of ketones is 1. The average Bonchev–Trinajstić information content (AvgIpc) is 2.72.